The van der Waals surface area contributed by atoms with Crippen LogP contribution in [0.5, 0.6) is 5.75 Å². The first-order valence-electron chi connectivity index (χ1n) is 6.83. The molecule has 1 saturated heterocycles. The van der Waals surface area contributed by atoms with Crippen LogP contribution in [0, 0.1) is 5.92 Å². The summed E-state index contributed by atoms with van der Waals surface area (Å²) in [6, 6.07) is 7.86. The Kier molecular flexibility index (Phi) is 2.97. The highest BCUT2D eigenvalue weighted by atomic mass is 16.5. The molecule has 1 fully saturated rings. The van der Waals surface area contributed by atoms with Crippen LogP contribution in [-0.2, 0) is 11.2 Å². The number of carbonyl (C=O) groups excluding carboxylic acids is 1. The summed E-state index contributed by atoms with van der Waals surface area (Å²) < 4.78 is 5.64. The van der Waals surface area contributed by atoms with Gasteiger partial charge in [0.2, 0.25) is 5.91 Å². The SMILES string of the molecule is CCC1(O)CN(C(=O)C2COc3ccccc3C2)C1. The van der Waals surface area contributed by atoms with Crippen LogP contribution in [0.25, 0.3) is 0 Å². The molecule has 4 heteroatoms. The van der Waals surface area contributed by atoms with Crippen molar-refractivity contribution >= 4 is 5.91 Å². The highest BCUT2D eigenvalue weighted by Crippen LogP contribution is 2.31. The maximum Gasteiger partial charge on any atom is 0.229 e. The summed E-state index contributed by atoms with van der Waals surface area (Å²) in [5, 5.41) is 9.97. The lowest BCUT2D eigenvalue weighted by Gasteiger charge is -2.47. The average Bonchev–Trinajstić information content (AvgIpc) is 2.42. The standard InChI is InChI=1S/C15H19NO3/c1-2-15(18)9-16(10-15)14(17)12-7-11-5-3-4-6-13(11)19-8-12/h3-6,12,18H,2,7-10H2,1H3. The number of β-amino-alcohol motifs (C(OH)–C–C–N with tert-alkyl or cyclic N) is 1. The van der Waals surface area contributed by atoms with Gasteiger partial charge in [-0.05, 0) is 24.5 Å². The summed E-state index contributed by atoms with van der Waals surface area (Å²) in [5.74, 6) is 0.879. The van der Waals surface area contributed by atoms with Crippen molar-refractivity contribution in [2.24, 2.45) is 5.92 Å². The molecule has 2 aliphatic rings. The fraction of sp³-hybridized carbons (Fsp3) is 0.533. The normalized spacial score (nSPS) is 24.1. The van der Waals surface area contributed by atoms with Gasteiger partial charge in [0.05, 0.1) is 24.6 Å². The van der Waals surface area contributed by atoms with Crippen molar-refractivity contribution in [1.29, 1.82) is 0 Å². The summed E-state index contributed by atoms with van der Waals surface area (Å²) in [6.07, 6.45) is 1.43. The van der Waals surface area contributed by atoms with Crippen molar-refractivity contribution < 1.29 is 14.6 Å². The lowest BCUT2D eigenvalue weighted by Crippen LogP contribution is -2.64. The van der Waals surface area contributed by atoms with Gasteiger partial charge in [-0.2, -0.15) is 0 Å². The van der Waals surface area contributed by atoms with E-state index in [9.17, 15) is 9.90 Å². The molecule has 3 rings (SSSR count). The van der Waals surface area contributed by atoms with Crippen LogP contribution in [0.15, 0.2) is 24.3 Å². The van der Waals surface area contributed by atoms with Crippen molar-refractivity contribution in [3.63, 3.8) is 0 Å². The molecule has 1 N–H and O–H groups in total. The Bertz CT molecular complexity index is 494. The van der Waals surface area contributed by atoms with Gasteiger partial charge in [0.25, 0.3) is 0 Å². The molecule has 1 atom stereocenters. The van der Waals surface area contributed by atoms with Crippen LogP contribution in [0.1, 0.15) is 18.9 Å². The first-order chi connectivity index (χ1) is 9.11. The van der Waals surface area contributed by atoms with Gasteiger partial charge in [0.15, 0.2) is 0 Å². The third-order valence-electron chi connectivity index (χ3n) is 4.17. The Morgan fingerprint density at radius 3 is 2.95 bits per heavy atom. The predicted molar refractivity (Wildman–Crippen MR) is 71.0 cm³/mol. The van der Waals surface area contributed by atoms with Crippen LogP contribution >= 0.6 is 0 Å². The van der Waals surface area contributed by atoms with Gasteiger partial charge in [0.1, 0.15) is 12.4 Å². The number of hydrogen-bond donors (Lipinski definition) is 1. The van der Waals surface area contributed by atoms with E-state index in [2.05, 4.69) is 0 Å². The Balaban J connectivity index is 1.64. The molecular weight excluding hydrogens is 242 g/mol. The van der Waals surface area contributed by atoms with Crippen molar-refractivity contribution in [3.8, 4) is 5.75 Å². The van der Waals surface area contributed by atoms with Gasteiger partial charge >= 0.3 is 0 Å². The second-order valence-electron chi connectivity index (χ2n) is 5.59. The van der Waals surface area contributed by atoms with Crippen molar-refractivity contribution in [2.45, 2.75) is 25.4 Å². The number of amides is 1. The molecule has 1 unspecified atom stereocenters. The molecule has 0 aliphatic carbocycles. The molecule has 2 aliphatic heterocycles. The van der Waals surface area contributed by atoms with E-state index in [1.54, 1.807) is 4.90 Å². The van der Waals surface area contributed by atoms with Gasteiger partial charge in [-0.15, -0.1) is 0 Å². The number of aliphatic hydroxyl groups is 1. The molecule has 0 bridgehead atoms. The largest absolute Gasteiger partial charge is 0.492 e. The molecule has 1 amide bonds. The first-order valence-corrected chi connectivity index (χ1v) is 6.83. The molecule has 0 radical (unpaired) electrons. The van der Waals surface area contributed by atoms with Gasteiger partial charge in [-0.3, -0.25) is 4.79 Å². The predicted octanol–water partition coefficient (Wildman–Crippen LogP) is 1.22. The maximum atomic E-state index is 12.3. The summed E-state index contributed by atoms with van der Waals surface area (Å²) in [4.78, 5) is 14.1. The van der Waals surface area contributed by atoms with E-state index in [4.69, 9.17) is 4.74 Å². The molecule has 1 aromatic rings. The monoisotopic (exact) mass is 261 g/mol. The fourth-order valence-corrected chi connectivity index (χ4v) is 2.79. The van der Waals surface area contributed by atoms with E-state index in [1.165, 1.54) is 0 Å². The number of para-hydroxylation sites is 1. The van der Waals surface area contributed by atoms with E-state index in [0.29, 0.717) is 26.1 Å². The molecule has 0 aromatic heterocycles. The van der Waals surface area contributed by atoms with E-state index < -0.39 is 5.60 Å². The average molecular weight is 261 g/mol. The van der Waals surface area contributed by atoms with Crippen LogP contribution in [0.3, 0.4) is 0 Å². The number of benzene rings is 1. The second-order valence-corrected chi connectivity index (χ2v) is 5.59. The van der Waals surface area contributed by atoms with Gasteiger partial charge < -0.3 is 14.7 Å². The summed E-state index contributed by atoms with van der Waals surface area (Å²) >= 11 is 0. The minimum absolute atomic E-state index is 0.104. The van der Waals surface area contributed by atoms with E-state index in [1.807, 2.05) is 31.2 Å². The number of likely N-dealkylation sites (tertiary alicyclic amines) is 1. The second kappa shape index (κ2) is 4.53. The van der Waals surface area contributed by atoms with Crippen molar-refractivity contribution in [1.82, 2.24) is 4.90 Å². The molecular formula is C15H19NO3. The summed E-state index contributed by atoms with van der Waals surface area (Å²) in [7, 11) is 0. The van der Waals surface area contributed by atoms with E-state index >= 15 is 0 Å². The van der Waals surface area contributed by atoms with E-state index in [0.717, 1.165) is 17.7 Å². The quantitative estimate of drug-likeness (QED) is 0.871. The minimum Gasteiger partial charge on any atom is -0.492 e. The Morgan fingerprint density at radius 1 is 1.47 bits per heavy atom. The molecule has 19 heavy (non-hydrogen) atoms. The highest BCUT2D eigenvalue weighted by Gasteiger charge is 2.44. The molecule has 0 spiro atoms. The number of ether oxygens (including phenoxy) is 1. The van der Waals surface area contributed by atoms with Gasteiger partial charge in [0, 0.05) is 0 Å². The highest BCUT2D eigenvalue weighted by molar-refractivity contribution is 5.81. The van der Waals surface area contributed by atoms with Crippen molar-refractivity contribution in [3.05, 3.63) is 29.8 Å². The lowest BCUT2D eigenvalue weighted by atomic mass is 9.88. The fourth-order valence-electron chi connectivity index (χ4n) is 2.79. The third-order valence-corrected chi connectivity index (χ3v) is 4.17. The zero-order chi connectivity index (χ0) is 13.5. The first kappa shape index (κ1) is 12.5. The summed E-state index contributed by atoms with van der Waals surface area (Å²) in [6.45, 7) is 3.31. The number of hydrogen-bond acceptors (Lipinski definition) is 3. The van der Waals surface area contributed by atoms with Crippen LogP contribution < -0.4 is 4.74 Å². The number of fused-ring (bicyclic) bond motifs is 1. The van der Waals surface area contributed by atoms with Crippen LogP contribution in [-0.4, -0.2) is 41.2 Å². The van der Waals surface area contributed by atoms with E-state index in [-0.39, 0.29) is 11.8 Å². The third kappa shape index (κ3) is 2.21. The Labute approximate surface area is 113 Å². The van der Waals surface area contributed by atoms with Gasteiger partial charge in [-0.25, -0.2) is 0 Å². The smallest absolute Gasteiger partial charge is 0.229 e. The topological polar surface area (TPSA) is 49.8 Å². The molecule has 2 heterocycles. The number of rotatable bonds is 2. The zero-order valence-corrected chi connectivity index (χ0v) is 11.1. The Morgan fingerprint density at radius 2 is 2.21 bits per heavy atom. The minimum atomic E-state index is -0.664. The number of carbonyl (C=O) groups is 1. The molecule has 102 valence electrons. The zero-order valence-electron chi connectivity index (χ0n) is 11.1. The van der Waals surface area contributed by atoms with Crippen LogP contribution in [0.4, 0.5) is 0 Å². The molecule has 4 nitrogen and oxygen atoms in total. The number of nitrogens with zero attached hydrogens (tertiary/aromatic N) is 1. The van der Waals surface area contributed by atoms with Crippen LogP contribution in [0.2, 0.25) is 0 Å². The van der Waals surface area contributed by atoms with Crippen molar-refractivity contribution in [2.75, 3.05) is 19.7 Å². The maximum absolute atomic E-state index is 12.3. The lowest BCUT2D eigenvalue weighted by molar-refractivity contribution is -0.161. The summed E-state index contributed by atoms with van der Waals surface area (Å²) in [5.41, 5.74) is 0.432. The van der Waals surface area contributed by atoms with Gasteiger partial charge in [-0.1, -0.05) is 25.1 Å². The molecule has 0 saturated carbocycles. The Hall–Kier alpha value is -1.55. The molecule has 1 aromatic carbocycles.